The van der Waals surface area contributed by atoms with Crippen molar-refractivity contribution in [1.29, 1.82) is 0 Å². The van der Waals surface area contributed by atoms with Gasteiger partial charge in [-0.1, -0.05) is 35.4 Å². The lowest BCUT2D eigenvalue weighted by molar-refractivity contribution is -0.133. The van der Waals surface area contributed by atoms with E-state index in [0.717, 1.165) is 17.7 Å². The summed E-state index contributed by atoms with van der Waals surface area (Å²) in [5, 5.41) is 16.6. The highest BCUT2D eigenvalue weighted by atomic mass is 19.1. The zero-order chi connectivity index (χ0) is 21.9. The fourth-order valence-corrected chi connectivity index (χ4v) is 2.67. The van der Waals surface area contributed by atoms with Crippen LogP contribution in [0.1, 0.15) is 12.0 Å². The second kappa shape index (κ2) is 11.7. The van der Waals surface area contributed by atoms with Gasteiger partial charge in [-0.2, -0.15) is 0 Å². The third-order valence-corrected chi connectivity index (χ3v) is 4.24. The van der Waals surface area contributed by atoms with Gasteiger partial charge in [-0.05, 0) is 11.1 Å². The van der Waals surface area contributed by atoms with Crippen LogP contribution in [0, 0.1) is 11.6 Å². The maximum absolute atomic E-state index is 13.2. The molecule has 8 nitrogen and oxygen atoms in total. The Balaban J connectivity index is 1.94. The third kappa shape index (κ3) is 7.32. The first-order chi connectivity index (χ1) is 14.4. The van der Waals surface area contributed by atoms with Gasteiger partial charge in [-0.15, -0.1) is 0 Å². The van der Waals surface area contributed by atoms with Crippen molar-refractivity contribution in [3.8, 4) is 5.75 Å². The number of halogens is 2. The Labute approximate surface area is 172 Å². The van der Waals surface area contributed by atoms with Gasteiger partial charge in [0.15, 0.2) is 0 Å². The normalized spacial score (nSPS) is 13.6. The molecule has 0 spiro atoms. The van der Waals surface area contributed by atoms with Crippen LogP contribution >= 0.6 is 0 Å². The molecule has 2 rings (SSSR count). The Morgan fingerprint density at radius 3 is 2.50 bits per heavy atom. The summed E-state index contributed by atoms with van der Waals surface area (Å²) in [7, 11) is 1.31. The predicted octanol–water partition coefficient (Wildman–Crippen LogP) is 3.10. The number of nitrogens with zero attached hydrogens (tertiary/aromatic N) is 3. The minimum atomic E-state index is -1.30. The van der Waals surface area contributed by atoms with Gasteiger partial charge in [-0.25, -0.2) is 8.78 Å². The number of aliphatic hydroxyl groups is 1. The molecule has 0 unspecified atom stereocenters. The molecule has 2 aromatic rings. The van der Waals surface area contributed by atoms with E-state index >= 15 is 0 Å². The quantitative estimate of drug-likeness (QED) is 0.330. The average molecular weight is 420 g/mol. The molecule has 2 N–H and O–H groups in total. The number of carbonyl (C=O) groups is 1. The number of methoxy groups -OCH3 is 1. The van der Waals surface area contributed by atoms with E-state index in [0.29, 0.717) is 6.07 Å². The van der Waals surface area contributed by atoms with E-state index in [1.165, 1.54) is 7.11 Å². The molecule has 0 saturated heterocycles. The summed E-state index contributed by atoms with van der Waals surface area (Å²) >= 11 is 0. The fourth-order valence-electron chi connectivity index (χ4n) is 2.67. The molecule has 30 heavy (non-hydrogen) atoms. The number of benzene rings is 2. The number of nitrogens with one attached hydrogen (secondary N) is 1. The Bertz CT molecular complexity index is 858. The molecular weight excluding hydrogens is 398 g/mol. The largest absolute Gasteiger partial charge is 0.493 e. The van der Waals surface area contributed by atoms with Crippen molar-refractivity contribution in [2.45, 2.75) is 31.2 Å². The lowest BCUT2D eigenvalue weighted by Crippen LogP contribution is -2.41. The highest BCUT2D eigenvalue weighted by Gasteiger charge is 2.27. The van der Waals surface area contributed by atoms with Crippen molar-refractivity contribution < 1.29 is 28.2 Å². The molecule has 0 bridgehead atoms. The molecule has 0 aliphatic carbocycles. The van der Waals surface area contributed by atoms with Gasteiger partial charge < -0.3 is 19.9 Å². The first-order valence-corrected chi connectivity index (χ1v) is 9.08. The summed E-state index contributed by atoms with van der Waals surface area (Å²) in [6, 6.07) is 10.7. The smallest absolute Gasteiger partial charge is 0.249 e. The summed E-state index contributed by atoms with van der Waals surface area (Å²) in [5.74, 6) is -2.24. The van der Waals surface area contributed by atoms with E-state index in [-0.39, 0.29) is 25.3 Å². The maximum Gasteiger partial charge on any atom is 0.249 e. The molecule has 0 aromatic heterocycles. The first kappa shape index (κ1) is 23.1. The molecule has 2 aromatic carbocycles. The van der Waals surface area contributed by atoms with Crippen molar-refractivity contribution >= 4 is 5.91 Å². The lowest BCUT2D eigenvalue weighted by Gasteiger charge is -2.23. The Morgan fingerprint density at radius 2 is 1.90 bits per heavy atom. The van der Waals surface area contributed by atoms with Crippen molar-refractivity contribution in [2.24, 2.45) is 5.11 Å². The number of azide groups is 1. The highest BCUT2D eigenvalue weighted by molar-refractivity contribution is 5.80. The Morgan fingerprint density at radius 1 is 1.23 bits per heavy atom. The first-order valence-electron chi connectivity index (χ1n) is 9.08. The fraction of sp³-hybridized carbons (Fsp3) is 0.350. The van der Waals surface area contributed by atoms with Gasteiger partial charge in [0.1, 0.15) is 23.5 Å². The van der Waals surface area contributed by atoms with Gasteiger partial charge in [-0.3, -0.25) is 4.79 Å². The molecule has 0 fully saturated rings. The van der Waals surface area contributed by atoms with Crippen LogP contribution in [-0.4, -0.2) is 43.0 Å². The van der Waals surface area contributed by atoms with Crippen LogP contribution in [0.15, 0.2) is 53.6 Å². The van der Waals surface area contributed by atoms with E-state index in [9.17, 15) is 18.7 Å². The van der Waals surface area contributed by atoms with Crippen LogP contribution in [0.5, 0.6) is 5.75 Å². The third-order valence-electron chi connectivity index (χ3n) is 4.24. The van der Waals surface area contributed by atoms with Crippen molar-refractivity contribution in [2.75, 3.05) is 13.7 Å². The van der Waals surface area contributed by atoms with Crippen LogP contribution in [0.3, 0.4) is 0 Å². The van der Waals surface area contributed by atoms with E-state index in [1.807, 2.05) is 30.3 Å². The second-order valence-electron chi connectivity index (χ2n) is 6.42. The number of hydrogen-bond acceptors (Lipinski definition) is 5. The summed E-state index contributed by atoms with van der Waals surface area (Å²) in [6.45, 7) is -0.0696. The number of aliphatic hydroxyl groups excluding tert-OH is 1. The number of amides is 1. The summed E-state index contributed by atoms with van der Waals surface area (Å²) in [6.07, 6.45) is -2.49. The maximum atomic E-state index is 13.2. The van der Waals surface area contributed by atoms with Gasteiger partial charge in [0.25, 0.3) is 0 Å². The van der Waals surface area contributed by atoms with Gasteiger partial charge >= 0.3 is 0 Å². The van der Waals surface area contributed by atoms with E-state index < -0.39 is 35.8 Å². The molecule has 0 saturated carbocycles. The standard InChI is InChI=1S/C20H22F2N4O4/c1-29-19(20(28)24-11-13-5-3-2-4-6-13)10-18(27)17(25-26-23)12-30-16-8-14(21)7-15(22)9-16/h2-9,17-19,27H,10-12H2,1H3,(H,24,28)/t17-,18-,19+/m0/s1. The Kier molecular flexibility index (Phi) is 9.02. The average Bonchev–Trinajstić information content (AvgIpc) is 2.73. The van der Waals surface area contributed by atoms with Gasteiger partial charge in [0, 0.05) is 43.2 Å². The van der Waals surface area contributed by atoms with E-state index in [2.05, 4.69) is 15.3 Å². The lowest BCUT2D eigenvalue weighted by atomic mass is 10.0. The molecule has 0 aliphatic rings. The zero-order valence-electron chi connectivity index (χ0n) is 16.2. The molecule has 1 amide bonds. The molecule has 160 valence electrons. The molecule has 3 atom stereocenters. The molecule has 0 radical (unpaired) electrons. The zero-order valence-corrected chi connectivity index (χ0v) is 16.2. The number of hydrogen-bond donors (Lipinski definition) is 2. The molecule has 0 heterocycles. The van der Waals surface area contributed by atoms with Crippen LogP contribution < -0.4 is 10.1 Å². The highest BCUT2D eigenvalue weighted by Crippen LogP contribution is 2.17. The SMILES string of the molecule is CO[C@H](C[C@H](O)[C@H](COc1cc(F)cc(F)c1)N=[N+]=[N-])C(=O)NCc1ccccc1. The summed E-state index contributed by atoms with van der Waals surface area (Å²) in [4.78, 5) is 15.0. The van der Waals surface area contributed by atoms with Crippen LogP contribution in [0.2, 0.25) is 0 Å². The number of carbonyl (C=O) groups excluding carboxylic acids is 1. The van der Waals surface area contributed by atoms with E-state index in [4.69, 9.17) is 15.0 Å². The minimum absolute atomic E-state index is 0.123. The predicted molar refractivity (Wildman–Crippen MR) is 104 cm³/mol. The second-order valence-corrected chi connectivity index (χ2v) is 6.42. The number of rotatable bonds is 11. The van der Waals surface area contributed by atoms with Crippen molar-refractivity contribution in [3.63, 3.8) is 0 Å². The summed E-state index contributed by atoms with van der Waals surface area (Å²) in [5.41, 5.74) is 9.64. The van der Waals surface area contributed by atoms with Crippen LogP contribution in [0.25, 0.3) is 10.4 Å². The minimum Gasteiger partial charge on any atom is -0.493 e. The summed E-state index contributed by atoms with van der Waals surface area (Å²) < 4.78 is 36.9. The Hall–Kier alpha value is -3.20. The van der Waals surface area contributed by atoms with Crippen molar-refractivity contribution in [1.82, 2.24) is 5.32 Å². The van der Waals surface area contributed by atoms with Crippen LogP contribution in [0.4, 0.5) is 8.78 Å². The molecule has 0 aliphatic heterocycles. The molecule has 10 heteroatoms. The van der Waals surface area contributed by atoms with Gasteiger partial charge in [0.05, 0.1) is 18.8 Å². The molecular formula is C20H22F2N4O4. The number of ether oxygens (including phenoxy) is 2. The van der Waals surface area contributed by atoms with Crippen LogP contribution in [-0.2, 0) is 16.1 Å². The van der Waals surface area contributed by atoms with Crippen molar-refractivity contribution in [3.05, 3.63) is 76.2 Å². The monoisotopic (exact) mass is 420 g/mol. The van der Waals surface area contributed by atoms with Gasteiger partial charge in [0.2, 0.25) is 5.91 Å². The van der Waals surface area contributed by atoms with E-state index in [1.54, 1.807) is 0 Å². The topological polar surface area (TPSA) is 117 Å².